The Balaban J connectivity index is 3.76. The van der Waals surface area contributed by atoms with Gasteiger partial charge in [-0.15, -0.1) is 0 Å². The monoisotopic (exact) mass is 226 g/mol. The maximum absolute atomic E-state index is 11.9. The van der Waals surface area contributed by atoms with Gasteiger partial charge in [0.15, 0.2) is 0 Å². The Kier molecular flexibility index (Phi) is 6.92. The van der Waals surface area contributed by atoms with Crippen LogP contribution in [0.2, 0.25) is 0 Å². The van der Waals surface area contributed by atoms with Crippen LogP contribution in [0, 0.1) is 0 Å². The zero-order valence-corrected chi connectivity index (χ0v) is 9.48. The van der Waals surface area contributed by atoms with E-state index in [-0.39, 0.29) is 12.5 Å². The number of nitrogens with two attached hydrogens (primary N) is 1. The maximum atomic E-state index is 11.9. The van der Waals surface area contributed by atoms with Crippen LogP contribution in [-0.2, 0) is 0 Å². The molecule has 0 amide bonds. The molecule has 0 radical (unpaired) electrons. The summed E-state index contributed by atoms with van der Waals surface area (Å²) < 4.78 is 35.8. The fourth-order valence-electron chi connectivity index (χ4n) is 1.41. The van der Waals surface area contributed by atoms with E-state index in [0.29, 0.717) is 13.1 Å². The zero-order valence-electron chi connectivity index (χ0n) is 9.48. The third-order valence-electron chi connectivity index (χ3n) is 2.29. The van der Waals surface area contributed by atoms with Crippen LogP contribution in [-0.4, -0.2) is 36.8 Å². The smallest absolute Gasteiger partial charge is 0.330 e. The Morgan fingerprint density at radius 2 is 1.67 bits per heavy atom. The van der Waals surface area contributed by atoms with E-state index in [1.807, 2.05) is 18.7 Å². The van der Waals surface area contributed by atoms with E-state index < -0.39 is 12.6 Å². The lowest BCUT2D eigenvalue weighted by atomic mass is 10.2. The molecule has 0 saturated heterocycles. The van der Waals surface area contributed by atoms with E-state index in [2.05, 4.69) is 0 Å². The highest BCUT2D eigenvalue weighted by Gasteiger charge is 2.26. The standard InChI is InChI=1S/C10H21F3N2/c1-9(2)15(8-4-6-14)7-3-5-10(11,12)13/h9H,3-8,14H2,1-2H3. The molecular formula is C10H21F3N2. The van der Waals surface area contributed by atoms with Gasteiger partial charge in [-0.3, -0.25) is 0 Å². The quantitative estimate of drug-likeness (QED) is 0.722. The lowest BCUT2D eigenvalue weighted by Crippen LogP contribution is -2.34. The number of rotatable bonds is 7. The number of halogens is 3. The summed E-state index contributed by atoms with van der Waals surface area (Å²) in [5.41, 5.74) is 5.37. The molecule has 0 aliphatic rings. The molecule has 0 aromatic carbocycles. The summed E-state index contributed by atoms with van der Waals surface area (Å²) in [6.07, 6.45) is -3.72. The summed E-state index contributed by atoms with van der Waals surface area (Å²) in [7, 11) is 0. The van der Waals surface area contributed by atoms with Crippen molar-refractivity contribution in [2.75, 3.05) is 19.6 Å². The molecule has 0 heterocycles. The predicted octanol–water partition coefficient (Wildman–Crippen LogP) is 2.39. The third-order valence-corrected chi connectivity index (χ3v) is 2.29. The Bertz CT molecular complexity index is 157. The summed E-state index contributed by atoms with van der Waals surface area (Å²) in [5, 5.41) is 0. The molecule has 92 valence electrons. The molecule has 0 unspecified atom stereocenters. The Labute approximate surface area is 89.6 Å². The number of hydrogen-bond acceptors (Lipinski definition) is 2. The molecule has 2 N–H and O–H groups in total. The molecule has 15 heavy (non-hydrogen) atoms. The van der Waals surface area contributed by atoms with Gasteiger partial charge in [-0.1, -0.05) is 0 Å². The fourth-order valence-corrected chi connectivity index (χ4v) is 1.41. The summed E-state index contributed by atoms with van der Waals surface area (Å²) in [6.45, 7) is 5.85. The van der Waals surface area contributed by atoms with Crippen LogP contribution >= 0.6 is 0 Å². The van der Waals surface area contributed by atoms with E-state index in [4.69, 9.17) is 5.73 Å². The van der Waals surface area contributed by atoms with Crippen molar-refractivity contribution in [3.05, 3.63) is 0 Å². The van der Waals surface area contributed by atoms with Gasteiger partial charge < -0.3 is 10.6 Å². The SMILES string of the molecule is CC(C)N(CCCN)CCCC(F)(F)F. The largest absolute Gasteiger partial charge is 0.389 e. The van der Waals surface area contributed by atoms with E-state index in [9.17, 15) is 13.2 Å². The van der Waals surface area contributed by atoms with Gasteiger partial charge in [0.25, 0.3) is 0 Å². The predicted molar refractivity (Wildman–Crippen MR) is 55.7 cm³/mol. The molecule has 5 heteroatoms. The van der Waals surface area contributed by atoms with Crippen molar-refractivity contribution in [2.45, 2.75) is 45.3 Å². The summed E-state index contributed by atoms with van der Waals surface area (Å²) >= 11 is 0. The third kappa shape index (κ3) is 8.69. The van der Waals surface area contributed by atoms with Gasteiger partial charge in [-0.2, -0.15) is 13.2 Å². The van der Waals surface area contributed by atoms with Crippen molar-refractivity contribution in [1.29, 1.82) is 0 Å². The fraction of sp³-hybridized carbons (Fsp3) is 1.00. The number of hydrogen-bond donors (Lipinski definition) is 1. The van der Waals surface area contributed by atoms with Crippen molar-refractivity contribution >= 4 is 0 Å². The highest BCUT2D eigenvalue weighted by molar-refractivity contribution is 4.64. The summed E-state index contributed by atoms with van der Waals surface area (Å²) in [6, 6.07) is 0.282. The van der Waals surface area contributed by atoms with Gasteiger partial charge in [0.05, 0.1) is 0 Å². The van der Waals surface area contributed by atoms with E-state index >= 15 is 0 Å². The molecule has 0 aromatic heterocycles. The molecule has 0 bridgehead atoms. The van der Waals surface area contributed by atoms with Crippen molar-refractivity contribution in [1.82, 2.24) is 4.90 Å². The van der Waals surface area contributed by atoms with Gasteiger partial charge in [0.2, 0.25) is 0 Å². The van der Waals surface area contributed by atoms with Crippen LogP contribution < -0.4 is 5.73 Å². The van der Waals surface area contributed by atoms with Gasteiger partial charge in [0.1, 0.15) is 0 Å². The van der Waals surface area contributed by atoms with Crippen LogP contribution in [0.4, 0.5) is 13.2 Å². The van der Waals surface area contributed by atoms with Gasteiger partial charge in [0, 0.05) is 12.5 Å². The first-order valence-corrected chi connectivity index (χ1v) is 5.37. The average Bonchev–Trinajstić information content (AvgIpc) is 2.08. The van der Waals surface area contributed by atoms with Gasteiger partial charge >= 0.3 is 6.18 Å². The molecule has 0 spiro atoms. The van der Waals surface area contributed by atoms with Crippen LogP contribution in [0.25, 0.3) is 0 Å². The average molecular weight is 226 g/mol. The van der Waals surface area contributed by atoms with Crippen LogP contribution in [0.3, 0.4) is 0 Å². The first-order valence-electron chi connectivity index (χ1n) is 5.37. The van der Waals surface area contributed by atoms with Crippen LogP contribution in [0.1, 0.15) is 33.1 Å². The molecular weight excluding hydrogens is 205 g/mol. The van der Waals surface area contributed by atoms with Crippen molar-refractivity contribution in [3.8, 4) is 0 Å². The minimum absolute atomic E-state index is 0.173. The van der Waals surface area contributed by atoms with Crippen molar-refractivity contribution in [3.63, 3.8) is 0 Å². The molecule has 0 fully saturated rings. The van der Waals surface area contributed by atoms with Gasteiger partial charge in [-0.25, -0.2) is 0 Å². The second-order valence-corrected chi connectivity index (χ2v) is 3.99. The molecule has 2 nitrogen and oxygen atoms in total. The molecule has 0 aliphatic heterocycles. The highest BCUT2D eigenvalue weighted by Crippen LogP contribution is 2.21. The van der Waals surface area contributed by atoms with Gasteiger partial charge in [-0.05, 0) is 46.3 Å². The molecule has 0 rings (SSSR count). The van der Waals surface area contributed by atoms with E-state index in [1.165, 1.54) is 0 Å². The molecule has 0 saturated carbocycles. The second kappa shape index (κ2) is 7.06. The minimum atomic E-state index is -4.03. The lowest BCUT2D eigenvalue weighted by molar-refractivity contribution is -0.136. The summed E-state index contributed by atoms with van der Waals surface area (Å²) in [5.74, 6) is 0. The zero-order chi connectivity index (χ0) is 11.9. The minimum Gasteiger partial charge on any atom is -0.330 e. The Morgan fingerprint density at radius 1 is 1.13 bits per heavy atom. The van der Waals surface area contributed by atoms with E-state index in [0.717, 1.165) is 13.0 Å². The Morgan fingerprint density at radius 3 is 2.07 bits per heavy atom. The van der Waals surface area contributed by atoms with E-state index in [1.54, 1.807) is 0 Å². The Hall–Kier alpha value is -0.290. The lowest BCUT2D eigenvalue weighted by Gasteiger charge is -2.26. The molecule has 0 aliphatic carbocycles. The number of nitrogens with zero attached hydrogens (tertiary/aromatic N) is 1. The van der Waals surface area contributed by atoms with Crippen LogP contribution in [0.15, 0.2) is 0 Å². The highest BCUT2D eigenvalue weighted by atomic mass is 19.4. The van der Waals surface area contributed by atoms with Crippen LogP contribution in [0.5, 0.6) is 0 Å². The molecule has 0 atom stereocenters. The van der Waals surface area contributed by atoms with Crippen molar-refractivity contribution in [2.24, 2.45) is 5.73 Å². The first kappa shape index (κ1) is 14.7. The first-order chi connectivity index (χ1) is 6.87. The normalized spacial score (nSPS) is 12.8. The summed E-state index contributed by atoms with van der Waals surface area (Å²) in [4.78, 5) is 2.04. The molecule has 0 aromatic rings. The number of alkyl halides is 3. The maximum Gasteiger partial charge on any atom is 0.389 e. The van der Waals surface area contributed by atoms with Crippen molar-refractivity contribution < 1.29 is 13.2 Å². The topological polar surface area (TPSA) is 29.3 Å². The second-order valence-electron chi connectivity index (χ2n) is 3.99.